The normalized spacial score (nSPS) is 10.6. The molecule has 0 saturated carbocycles. The van der Waals surface area contributed by atoms with Crippen LogP contribution in [0.25, 0.3) is 0 Å². The number of amides is 1. The van der Waals surface area contributed by atoms with Gasteiger partial charge in [-0.1, -0.05) is 84.0 Å². The van der Waals surface area contributed by atoms with E-state index in [1.807, 2.05) is 0 Å². The first-order valence-electron chi connectivity index (χ1n) is 8.30. The molecule has 0 spiro atoms. The Balaban J connectivity index is 2.99. The minimum atomic E-state index is -0.0527. The molecule has 2 nitrogen and oxygen atoms in total. The largest absolute Gasteiger partial charge is 0.273 e. The Morgan fingerprint density at radius 3 is 1.47 bits per heavy atom. The molecular formula is C17H33NO. The zero-order chi connectivity index (χ0) is 14.2. The smallest absolute Gasteiger partial charge is 0.245 e. The maximum absolute atomic E-state index is 10.9. The van der Waals surface area contributed by atoms with Gasteiger partial charge in [-0.25, -0.2) is 4.99 Å². The molecule has 0 fully saturated rings. The van der Waals surface area contributed by atoms with Crippen molar-refractivity contribution in [1.82, 2.24) is 0 Å². The lowest BCUT2D eigenvalue weighted by molar-refractivity contribution is -0.117. The third-order valence-electron chi connectivity index (χ3n) is 3.67. The lowest BCUT2D eigenvalue weighted by atomic mass is 10.0. The zero-order valence-electron chi connectivity index (χ0n) is 13.0. The molecule has 0 atom stereocenters. The van der Waals surface area contributed by atoms with Crippen molar-refractivity contribution in [3.05, 3.63) is 0 Å². The van der Waals surface area contributed by atoms with Crippen LogP contribution < -0.4 is 0 Å². The maximum Gasteiger partial charge on any atom is 0.245 e. The summed E-state index contributed by atoms with van der Waals surface area (Å²) in [6, 6.07) is 0. The molecule has 0 aliphatic heterocycles. The van der Waals surface area contributed by atoms with Crippen LogP contribution >= 0.6 is 0 Å². The highest BCUT2D eigenvalue weighted by molar-refractivity contribution is 5.80. The predicted octanol–water partition coefficient (Wildman–Crippen LogP) is 5.69. The summed E-state index contributed by atoms with van der Waals surface area (Å²) >= 11 is 0. The van der Waals surface area contributed by atoms with Gasteiger partial charge in [0.1, 0.15) is 0 Å². The van der Waals surface area contributed by atoms with Crippen LogP contribution in [-0.4, -0.2) is 12.6 Å². The van der Waals surface area contributed by atoms with Gasteiger partial charge in [0.25, 0.3) is 0 Å². The highest BCUT2D eigenvalue weighted by Crippen LogP contribution is 2.12. The molecule has 0 aliphatic carbocycles. The SMILES string of the molecule is C=NC(=O)CCCCCCCCCCCCCCC. The average Bonchev–Trinajstić information content (AvgIpc) is 2.43. The Morgan fingerprint density at radius 1 is 0.737 bits per heavy atom. The van der Waals surface area contributed by atoms with E-state index in [0.29, 0.717) is 6.42 Å². The van der Waals surface area contributed by atoms with Crippen LogP contribution in [0.3, 0.4) is 0 Å². The van der Waals surface area contributed by atoms with E-state index in [-0.39, 0.29) is 5.91 Å². The Morgan fingerprint density at radius 2 is 1.11 bits per heavy atom. The van der Waals surface area contributed by atoms with Crippen molar-refractivity contribution >= 4 is 12.6 Å². The van der Waals surface area contributed by atoms with Crippen LogP contribution in [0.2, 0.25) is 0 Å². The predicted molar refractivity (Wildman–Crippen MR) is 84.9 cm³/mol. The van der Waals surface area contributed by atoms with E-state index >= 15 is 0 Å². The summed E-state index contributed by atoms with van der Waals surface area (Å²) in [6.45, 7) is 5.51. The van der Waals surface area contributed by atoms with Gasteiger partial charge in [-0.3, -0.25) is 4.79 Å². The topological polar surface area (TPSA) is 29.4 Å². The summed E-state index contributed by atoms with van der Waals surface area (Å²) in [7, 11) is 0. The molecule has 0 N–H and O–H groups in total. The second-order valence-corrected chi connectivity index (χ2v) is 5.54. The highest BCUT2D eigenvalue weighted by atomic mass is 16.1. The summed E-state index contributed by atoms with van der Waals surface area (Å²) in [4.78, 5) is 14.3. The maximum atomic E-state index is 10.9. The molecule has 19 heavy (non-hydrogen) atoms. The summed E-state index contributed by atoms with van der Waals surface area (Å²) in [6.07, 6.45) is 17.9. The van der Waals surface area contributed by atoms with Crippen LogP contribution in [0.1, 0.15) is 96.8 Å². The van der Waals surface area contributed by atoms with Crippen LogP contribution in [0.5, 0.6) is 0 Å². The molecule has 1 amide bonds. The number of hydrogen-bond acceptors (Lipinski definition) is 1. The van der Waals surface area contributed by atoms with Gasteiger partial charge in [-0.05, 0) is 13.1 Å². The number of unbranched alkanes of at least 4 members (excludes halogenated alkanes) is 12. The quantitative estimate of drug-likeness (QED) is 0.293. The van der Waals surface area contributed by atoms with Crippen molar-refractivity contribution in [2.75, 3.05) is 0 Å². The molecule has 0 aromatic carbocycles. The molecule has 0 aliphatic rings. The third kappa shape index (κ3) is 15.3. The Hall–Kier alpha value is -0.660. The van der Waals surface area contributed by atoms with Gasteiger partial charge in [0.05, 0.1) is 0 Å². The lowest BCUT2D eigenvalue weighted by Gasteiger charge is -2.02. The number of carbonyl (C=O) groups excluding carboxylic acids is 1. The van der Waals surface area contributed by atoms with E-state index in [1.165, 1.54) is 70.6 Å². The van der Waals surface area contributed by atoms with Crippen LogP contribution in [0.15, 0.2) is 4.99 Å². The second-order valence-electron chi connectivity index (χ2n) is 5.54. The van der Waals surface area contributed by atoms with Crippen LogP contribution in [0, 0.1) is 0 Å². The monoisotopic (exact) mass is 267 g/mol. The average molecular weight is 267 g/mol. The van der Waals surface area contributed by atoms with E-state index in [0.717, 1.165) is 12.8 Å². The van der Waals surface area contributed by atoms with Crippen molar-refractivity contribution in [3.8, 4) is 0 Å². The fourth-order valence-electron chi connectivity index (χ4n) is 2.37. The Labute approximate surface area is 120 Å². The van der Waals surface area contributed by atoms with Crippen molar-refractivity contribution in [3.63, 3.8) is 0 Å². The van der Waals surface area contributed by atoms with Crippen molar-refractivity contribution < 1.29 is 4.79 Å². The molecule has 0 radical (unpaired) electrons. The Kier molecular flexibility index (Phi) is 14.9. The Bertz CT molecular complexity index is 213. The van der Waals surface area contributed by atoms with Gasteiger partial charge in [0, 0.05) is 6.42 Å². The van der Waals surface area contributed by atoms with Gasteiger partial charge in [-0.2, -0.15) is 0 Å². The highest BCUT2D eigenvalue weighted by Gasteiger charge is 1.97. The molecule has 0 heterocycles. The van der Waals surface area contributed by atoms with Gasteiger partial charge in [0.15, 0.2) is 0 Å². The minimum Gasteiger partial charge on any atom is -0.273 e. The summed E-state index contributed by atoms with van der Waals surface area (Å²) < 4.78 is 0. The fourth-order valence-corrected chi connectivity index (χ4v) is 2.37. The van der Waals surface area contributed by atoms with E-state index in [1.54, 1.807) is 0 Å². The molecule has 112 valence electrons. The number of carbonyl (C=O) groups is 1. The summed E-state index contributed by atoms with van der Waals surface area (Å²) in [5.74, 6) is -0.0527. The first-order chi connectivity index (χ1) is 9.31. The summed E-state index contributed by atoms with van der Waals surface area (Å²) in [5.41, 5.74) is 0. The van der Waals surface area contributed by atoms with E-state index in [2.05, 4.69) is 18.6 Å². The third-order valence-corrected chi connectivity index (χ3v) is 3.67. The molecule has 2 heteroatoms. The van der Waals surface area contributed by atoms with Gasteiger partial charge >= 0.3 is 0 Å². The number of nitrogens with zero attached hydrogens (tertiary/aromatic N) is 1. The number of hydrogen-bond donors (Lipinski definition) is 0. The number of rotatable bonds is 14. The van der Waals surface area contributed by atoms with Gasteiger partial charge in [-0.15, -0.1) is 0 Å². The lowest BCUT2D eigenvalue weighted by Crippen LogP contribution is -1.91. The molecular weight excluding hydrogens is 234 g/mol. The molecule has 0 aromatic heterocycles. The number of aliphatic imine (C=N–C) groups is 1. The zero-order valence-corrected chi connectivity index (χ0v) is 13.0. The van der Waals surface area contributed by atoms with Gasteiger partial charge < -0.3 is 0 Å². The summed E-state index contributed by atoms with van der Waals surface area (Å²) in [5, 5.41) is 0. The molecule has 0 bridgehead atoms. The molecule has 0 rings (SSSR count). The molecule has 0 unspecified atom stereocenters. The van der Waals surface area contributed by atoms with Crippen LogP contribution in [0.4, 0.5) is 0 Å². The van der Waals surface area contributed by atoms with Crippen LogP contribution in [-0.2, 0) is 4.79 Å². The first kappa shape index (κ1) is 18.3. The first-order valence-corrected chi connectivity index (χ1v) is 8.30. The standard InChI is InChI=1S/C17H33NO/c1-3-4-5-6-7-8-9-10-11-12-13-14-15-16-17(19)18-2/h2-16H2,1H3. The minimum absolute atomic E-state index is 0.0527. The molecule has 0 aromatic rings. The van der Waals surface area contributed by atoms with E-state index in [9.17, 15) is 4.79 Å². The molecule has 0 saturated heterocycles. The fraction of sp³-hybridized carbons (Fsp3) is 0.882. The second kappa shape index (κ2) is 15.4. The van der Waals surface area contributed by atoms with E-state index in [4.69, 9.17) is 0 Å². The van der Waals surface area contributed by atoms with Crippen molar-refractivity contribution in [1.29, 1.82) is 0 Å². The van der Waals surface area contributed by atoms with Crippen molar-refractivity contribution in [2.24, 2.45) is 4.99 Å². The van der Waals surface area contributed by atoms with Gasteiger partial charge in [0.2, 0.25) is 5.91 Å². The van der Waals surface area contributed by atoms with E-state index < -0.39 is 0 Å². The van der Waals surface area contributed by atoms with Crippen molar-refractivity contribution in [2.45, 2.75) is 96.8 Å².